The van der Waals surface area contributed by atoms with Crippen LogP contribution in [0.1, 0.15) is 57.4 Å². The second kappa shape index (κ2) is 9.91. The zero-order chi connectivity index (χ0) is 24.2. The van der Waals surface area contributed by atoms with E-state index in [1.165, 1.54) is 5.56 Å². The van der Waals surface area contributed by atoms with E-state index in [0.29, 0.717) is 12.2 Å². The fourth-order valence-corrected chi connectivity index (χ4v) is 3.58. The monoisotopic (exact) mass is 451 g/mol. The molecule has 3 N–H and O–H groups in total. The molecule has 2 aromatic heterocycles. The maximum Gasteiger partial charge on any atom is 0.222 e. The van der Waals surface area contributed by atoms with Crippen LogP contribution in [0.4, 0.5) is 11.8 Å². The van der Waals surface area contributed by atoms with Crippen molar-refractivity contribution in [1.82, 2.24) is 15.0 Å². The van der Waals surface area contributed by atoms with Gasteiger partial charge in [-0.05, 0) is 57.0 Å². The van der Waals surface area contributed by atoms with E-state index >= 15 is 0 Å². The van der Waals surface area contributed by atoms with Crippen molar-refractivity contribution in [1.29, 1.82) is 0 Å². The zero-order valence-corrected chi connectivity index (χ0v) is 21.2. The number of anilines is 2. The van der Waals surface area contributed by atoms with Crippen LogP contribution >= 0.6 is 0 Å². The second-order valence-corrected chi connectivity index (χ2v) is 10.2. The molecule has 0 fully saturated rings. The molecule has 0 saturated carbocycles. The van der Waals surface area contributed by atoms with E-state index in [-0.39, 0.29) is 11.5 Å². The Hall–Kier alpha value is -2.93. The molecule has 2 heterocycles. The molecule has 0 radical (unpaired) electrons. The van der Waals surface area contributed by atoms with Gasteiger partial charge in [0, 0.05) is 24.2 Å². The van der Waals surface area contributed by atoms with Crippen LogP contribution in [0.15, 0.2) is 30.3 Å². The molecule has 0 bridgehead atoms. The topological polar surface area (TPSA) is 86.0 Å². The molecule has 178 valence electrons. The number of benzene rings is 1. The molecular weight excluding hydrogens is 412 g/mol. The van der Waals surface area contributed by atoms with Crippen LogP contribution in [-0.4, -0.2) is 52.7 Å². The average Bonchev–Trinajstić information content (AvgIpc) is 2.74. The van der Waals surface area contributed by atoms with Crippen molar-refractivity contribution >= 4 is 22.8 Å². The third-order valence-corrected chi connectivity index (χ3v) is 6.56. The van der Waals surface area contributed by atoms with Crippen molar-refractivity contribution in [2.75, 3.05) is 38.8 Å². The van der Waals surface area contributed by atoms with E-state index in [1.807, 2.05) is 12.1 Å². The van der Waals surface area contributed by atoms with Gasteiger partial charge in [-0.1, -0.05) is 19.4 Å². The third-order valence-electron chi connectivity index (χ3n) is 6.56. The van der Waals surface area contributed by atoms with Crippen molar-refractivity contribution in [3.63, 3.8) is 0 Å². The summed E-state index contributed by atoms with van der Waals surface area (Å²) in [5.41, 5.74) is 10.9. The third kappa shape index (κ3) is 5.90. The lowest BCUT2D eigenvalue weighted by Crippen LogP contribution is -2.53. The largest absolute Gasteiger partial charge is 0.496 e. The summed E-state index contributed by atoms with van der Waals surface area (Å²) in [5.74, 6) is 1.87. The van der Waals surface area contributed by atoms with Gasteiger partial charge >= 0.3 is 0 Å². The van der Waals surface area contributed by atoms with Crippen molar-refractivity contribution in [2.24, 2.45) is 0 Å². The summed E-state index contributed by atoms with van der Waals surface area (Å²) in [6, 6.07) is 10.5. The standard InChI is InChI=1S/C26H39N6O/c1-8-9-14-28-24-23-21(30-25(27)31-24)13-12-20(29-23)15-18-10-11-19(22(16-18)33-7)17-32(5,6)26(2,3)4/h10-13,16H,8-9,14-15,17H2,1-7H3,(H3,27,28,30,31)/q+1. The van der Waals surface area contributed by atoms with Gasteiger partial charge in [-0.25, -0.2) is 9.97 Å². The maximum atomic E-state index is 5.90. The fraction of sp³-hybridized carbons (Fsp3) is 0.500. The van der Waals surface area contributed by atoms with Crippen LogP contribution in [0.2, 0.25) is 0 Å². The highest BCUT2D eigenvalue weighted by molar-refractivity contribution is 5.86. The van der Waals surface area contributed by atoms with Crippen LogP contribution in [0.5, 0.6) is 5.75 Å². The molecule has 3 aromatic rings. The van der Waals surface area contributed by atoms with Crippen molar-refractivity contribution in [3.8, 4) is 5.75 Å². The predicted octanol–water partition coefficient (Wildman–Crippen LogP) is 4.79. The van der Waals surface area contributed by atoms with E-state index in [9.17, 15) is 0 Å². The van der Waals surface area contributed by atoms with Crippen LogP contribution in [0, 0.1) is 0 Å². The molecule has 0 aliphatic heterocycles. The molecule has 7 heteroatoms. The van der Waals surface area contributed by atoms with Crippen LogP contribution in [0.25, 0.3) is 11.0 Å². The summed E-state index contributed by atoms with van der Waals surface area (Å²) in [4.78, 5) is 13.6. The van der Waals surface area contributed by atoms with E-state index < -0.39 is 0 Å². The second-order valence-electron chi connectivity index (χ2n) is 10.2. The molecule has 0 atom stereocenters. The van der Waals surface area contributed by atoms with Gasteiger partial charge in [0.1, 0.15) is 17.8 Å². The van der Waals surface area contributed by atoms with Crippen molar-refractivity contribution in [3.05, 3.63) is 47.2 Å². The number of pyridine rings is 1. The molecular formula is C26H39N6O+. The zero-order valence-electron chi connectivity index (χ0n) is 21.2. The van der Waals surface area contributed by atoms with Crippen molar-refractivity contribution in [2.45, 2.75) is 59.0 Å². The fourth-order valence-electron chi connectivity index (χ4n) is 3.58. The number of nitrogens with one attached hydrogen (secondary N) is 1. The van der Waals surface area contributed by atoms with Gasteiger partial charge < -0.3 is 20.3 Å². The molecule has 0 spiro atoms. The van der Waals surface area contributed by atoms with E-state index in [1.54, 1.807) is 7.11 Å². The molecule has 0 saturated heterocycles. The van der Waals surface area contributed by atoms with Gasteiger partial charge in [-0.15, -0.1) is 0 Å². The summed E-state index contributed by atoms with van der Waals surface area (Å²) >= 11 is 0. The summed E-state index contributed by atoms with van der Waals surface area (Å²) in [6.45, 7) is 10.7. The maximum absolute atomic E-state index is 5.90. The first kappa shape index (κ1) is 24.7. The molecule has 1 aromatic carbocycles. The Balaban J connectivity index is 1.87. The number of rotatable bonds is 9. The number of quaternary nitrogens is 1. The normalized spacial score (nSPS) is 12.2. The highest BCUT2D eigenvalue weighted by Gasteiger charge is 2.32. The number of fused-ring (bicyclic) bond motifs is 1. The number of nitrogens with two attached hydrogens (primary N) is 1. The van der Waals surface area contributed by atoms with Gasteiger partial charge in [-0.2, -0.15) is 4.98 Å². The van der Waals surface area contributed by atoms with Gasteiger partial charge in [0.2, 0.25) is 5.95 Å². The van der Waals surface area contributed by atoms with E-state index in [4.69, 9.17) is 15.5 Å². The number of aromatic nitrogens is 3. The summed E-state index contributed by atoms with van der Waals surface area (Å²) < 4.78 is 6.63. The highest BCUT2D eigenvalue weighted by Crippen LogP contribution is 2.29. The molecule has 3 rings (SSSR count). The Kier molecular flexibility index (Phi) is 7.42. The van der Waals surface area contributed by atoms with E-state index in [0.717, 1.165) is 58.5 Å². The van der Waals surface area contributed by atoms with Crippen LogP contribution < -0.4 is 15.8 Å². The van der Waals surface area contributed by atoms with E-state index in [2.05, 4.69) is 75.3 Å². The number of hydrogen-bond donors (Lipinski definition) is 2. The number of ether oxygens (including phenoxy) is 1. The molecule has 0 aliphatic carbocycles. The predicted molar refractivity (Wildman–Crippen MR) is 137 cm³/mol. The van der Waals surface area contributed by atoms with Crippen molar-refractivity contribution < 1.29 is 9.22 Å². The Labute approximate surface area is 198 Å². The van der Waals surface area contributed by atoms with Gasteiger partial charge in [0.25, 0.3) is 0 Å². The lowest BCUT2D eigenvalue weighted by atomic mass is 10.00. The summed E-state index contributed by atoms with van der Waals surface area (Å²) in [7, 11) is 6.25. The Bertz CT molecular complexity index is 1100. The minimum absolute atomic E-state index is 0.132. The van der Waals surface area contributed by atoms with Gasteiger partial charge in [0.05, 0.1) is 32.3 Å². The van der Waals surface area contributed by atoms with Gasteiger partial charge in [0.15, 0.2) is 5.82 Å². The first-order valence-corrected chi connectivity index (χ1v) is 11.7. The number of nitrogen functional groups attached to an aromatic ring is 1. The number of hydrogen-bond acceptors (Lipinski definition) is 6. The SMILES string of the molecule is CCCCNc1nc(N)nc2ccc(Cc3ccc(C[N+](C)(C)C(C)(C)C)c(OC)c3)nc12. The Morgan fingerprint density at radius 1 is 1.06 bits per heavy atom. The average molecular weight is 452 g/mol. The quantitative estimate of drug-likeness (QED) is 0.359. The lowest BCUT2D eigenvalue weighted by Gasteiger charge is -2.42. The number of unbranched alkanes of at least 4 members (excludes halogenated alkanes) is 1. The first-order chi connectivity index (χ1) is 15.5. The highest BCUT2D eigenvalue weighted by atomic mass is 16.5. The molecule has 0 aliphatic rings. The summed E-state index contributed by atoms with van der Waals surface area (Å²) in [6.07, 6.45) is 2.86. The molecule has 7 nitrogen and oxygen atoms in total. The summed E-state index contributed by atoms with van der Waals surface area (Å²) in [5, 5.41) is 3.36. The van der Waals surface area contributed by atoms with Crippen LogP contribution in [0.3, 0.4) is 0 Å². The Morgan fingerprint density at radius 2 is 1.82 bits per heavy atom. The number of nitrogens with zero attached hydrogens (tertiary/aromatic N) is 4. The Morgan fingerprint density at radius 3 is 2.48 bits per heavy atom. The van der Waals surface area contributed by atoms with Crippen LogP contribution in [-0.2, 0) is 13.0 Å². The molecule has 33 heavy (non-hydrogen) atoms. The molecule has 0 unspecified atom stereocenters. The molecule has 0 amide bonds. The van der Waals surface area contributed by atoms with Gasteiger partial charge in [-0.3, -0.25) is 0 Å². The smallest absolute Gasteiger partial charge is 0.222 e. The minimum Gasteiger partial charge on any atom is -0.496 e. The minimum atomic E-state index is 0.132. The first-order valence-electron chi connectivity index (χ1n) is 11.7. The lowest BCUT2D eigenvalue weighted by molar-refractivity contribution is -0.948. The number of methoxy groups -OCH3 is 1.